The largest absolute Gasteiger partial charge is 0.383 e. The molecule has 0 spiro atoms. The van der Waals surface area contributed by atoms with E-state index in [1.807, 2.05) is 13.8 Å². The second-order valence-corrected chi connectivity index (χ2v) is 6.76. The summed E-state index contributed by atoms with van der Waals surface area (Å²) in [7, 11) is -1.67. The van der Waals surface area contributed by atoms with Crippen LogP contribution in [0.4, 0.5) is 0 Å². The average molecular weight is 250 g/mol. The van der Waals surface area contributed by atoms with Crippen LogP contribution in [0.5, 0.6) is 0 Å². The fourth-order valence-corrected chi connectivity index (χ4v) is 3.82. The Labute approximate surface area is 98.0 Å². The number of hydrogen-bond acceptors (Lipinski definition) is 4. The minimum Gasteiger partial charge on any atom is -0.383 e. The molecule has 1 fully saturated rings. The number of nitrogens with one attached hydrogen (secondary N) is 2. The van der Waals surface area contributed by atoms with Crippen LogP contribution in [0.1, 0.15) is 26.7 Å². The average Bonchev–Trinajstić information content (AvgIpc) is 2.52. The minimum absolute atomic E-state index is 0.0934. The molecule has 5 nitrogen and oxygen atoms in total. The monoisotopic (exact) mass is 250 g/mol. The third-order valence-corrected chi connectivity index (χ3v) is 4.22. The first-order chi connectivity index (χ1) is 7.35. The topological polar surface area (TPSA) is 67.4 Å². The van der Waals surface area contributed by atoms with E-state index in [9.17, 15) is 8.42 Å². The molecule has 96 valence electrons. The van der Waals surface area contributed by atoms with E-state index in [0.717, 1.165) is 19.4 Å². The first-order valence-electron chi connectivity index (χ1n) is 5.59. The lowest BCUT2D eigenvalue weighted by atomic mass is 10.1. The molecule has 0 aromatic heterocycles. The molecule has 0 radical (unpaired) electrons. The quantitative estimate of drug-likeness (QED) is 0.701. The molecule has 1 saturated heterocycles. The highest BCUT2D eigenvalue weighted by molar-refractivity contribution is 7.89. The summed E-state index contributed by atoms with van der Waals surface area (Å²) in [4.78, 5) is 0. The maximum Gasteiger partial charge on any atom is 0.213 e. The molecular formula is C10H22N2O3S. The Morgan fingerprint density at radius 2 is 2.19 bits per heavy atom. The lowest BCUT2D eigenvalue weighted by Gasteiger charge is -2.25. The van der Waals surface area contributed by atoms with Crippen molar-refractivity contribution in [2.45, 2.75) is 38.3 Å². The van der Waals surface area contributed by atoms with Gasteiger partial charge in [-0.3, -0.25) is 0 Å². The van der Waals surface area contributed by atoms with Gasteiger partial charge in [0.25, 0.3) is 0 Å². The van der Waals surface area contributed by atoms with Crippen molar-refractivity contribution in [1.82, 2.24) is 10.0 Å². The van der Waals surface area contributed by atoms with Crippen molar-refractivity contribution in [3.63, 3.8) is 0 Å². The van der Waals surface area contributed by atoms with E-state index in [4.69, 9.17) is 4.74 Å². The molecule has 1 heterocycles. The predicted octanol–water partition coefficient (Wildman–Crippen LogP) is 0.0828. The van der Waals surface area contributed by atoms with Crippen molar-refractivity contribution < 1.29 is 13.2 Å². The zero-order valence-corrected chi connectivity index (χ0v) is 11.1. The molecule has 1 unspecified atom stereocenters. The Bertz CT molecular complexity index is 308. The summed E-state index contributed by atoms with van der Waals surface area (Å²) < 4.78 is 31.4. The second-order valence-electron chi connectivity index (χ2n) is 4.99. The van der Waals surface area contributed by atoms with Crippen molar-refractivity contribution in [2.75, 3.05) is 26.0 Å². The van der Waals surface area contributed by atoms with Crippen LogP contribution in [0, 0.1) is 0 Å². The van der Waals surface area contributed by atoms with Crippen molar-refractivity contribution in [2.24, 2.45) is 0 Å². The maximum absolute atomic E-state index is 11.9. The van der Waals surface area contributed by atoms with Gasteiger partial charge < -0.3 is 10.1 Å². The van der Waals surface area contributed by atoms with Gasteiger partial charge in [0.15, 0.2) is 0 Å². The van der Waals surface area contributed by atoms with Gasteiger partial charge in [0.1, 0.15) is 0 Å². The highest BCUT2D eigenvalue weighted by Crippen LogP contribution is 2.10. The standard InChI is InChI=1S/C10H22N2O3S/c1-10(2,8-15-3)12-16(13,14)7-9-5-4-6-11-9/h9,11-12H,4-8H2,1-3H3. The van der Waals surface area contributed by atoms with Crippen LogP contribution in [0.2, 0.25) is 0 Å². The Balaban J connectivity index is 2.50. The second kappa shape index (κ2) is 5.44. The number of rotatable bonds is 6. The number of hydrogen-bond donors (Lipinski definition) is 2. The first kappa shape index (κ1) is 13.9. The van der Waals surface area contributed by atoms with Gasteiger partial charge in [-0.1, -0.05) is 0 Å². The highest BCUT2D eigenvalue weighted by Gasteiger charge is 2.28. The molecule has 0 aliphatic carbocycles. The third kappa shape index (κ3) is 4.78. The van der Waals surface area contributed by atoms with Gasteiger partial charge in [-0.05, 0) is 33.2 Å². The molecule has 1 atom stereocenters. The Morgan fingerprint density at radius 1 is 1.50 bits per heavy atom. The Morgan fingerprint density at radius 3 is 2.69 bits per heavy atom. The molecule has 0 aromatic rings. The molecule has 6 heteroatoms. The number of ether oxygens (including phenoxy) is 1. The molecule has 0 amide bonds. The zero-order chi connectivity index (χ0) is 12.2. The van der Waals surface area contributed by atoms with Gasteiger partial charge in [-0.15, -0.1) is 0 Å². The van der Waals surface area contributed by atoms with Crippen LogP contribution in [0.25, 0.3) is 0 Å². The Kier molecular flexibility index (Phi) is 4.73. The van der Waals surface area contributed by atoms with Crippen molar-refractivity contribution in [3.05, 3.63) is 0 Å². The summed E-state index contributed by atoms with van der Waals surface area (Å²) in [6.45, 7) is 4.91. The van der Waals surface area contributed by atoms with Crippen LogP contribution in [-0.2, 0) is 14.8 Å². The summed E-state index contributed by atoms with van der Waals surface area (Å²) >= 11 is 0. The van der Waals surface area contributed by atoms with E-state index >= 15 is 0 Å². The molecule has 2 N–H and O–H groups in total. The zero-order valence-electron chi connectivity index (χ0n) is 10.2. The molecular weight excluding hydrogens is 228 g/mol. The molecule has 0 saturated carbocycles. The van der Waals surface area contributed by atoms with Crippen LogP contribution in [-0.4, -0.2) is 46.0 Å². The van der Waals surface area contributed by atoms with E-state index in [2.05, 4.69) is 10.0 Å². The summed E-state index contributed by atoms with van der Waals surface area (Å²) in [6.07, 6.45) is 1.99. The van der Waals surface area contributed by atoms with Gasteiger partial charge in [0.2, 0.25) is 10.0 Å². The van der Waals surface area contributed by atoms with Gasteiger partial charge in [-0.25, -0.2) is 13.1 Å². The lowest BCUT2D eigenvalue weighted by Crippen LogP contribution is -2.49. The van der Waals surface area contributed by atoms with Crippen molar-refractivity contribution >= 4 is 10.0 Å². The number of sulfonamides is 1. The number of methoxy groups -OCH3 is 1. The Hall–Kier alpha value is -0.170. The van der Waals surface area contributed by atoms with Crippen LogP contribution >= 0.6 is 0 Å². The van der Waals surface area contributed by atoms with E-state index in [1.165, 1.54) is 0 Å². The fraction of sp³-hybridized carbons (Fsp3) is 1.00. The fourth-order valence-electron chi connectivity index (χ4n) is 2.02. The maximum atomic E-state index is 11.9. The van der Waals surface area contributed by atoms with E-state index in [0.29, 0.717) is 6.61 Å². The van der Waals surface area contributed by atoms with Gasteiger partial charge in [-0.2, -0.15) is 0 Å². The molecule has 1 aliphatic rings. The van der Waals surface area contributed by atoms with E-state index < -0.39 is 15.6 Å². The first-order valence-corrected chi connectivity index (χ1v) is 7.24. The predicted molar refractivity (Wildman–Crippen MR) is 63.9 cm³/mol. The minimum atomic E-state index is -3.24. The van der Waals surface area contributed by atoms with E-state index in [-0.39, 0.29) is 11.8 Å². The van der Waals surface area contributed by atoms with Crippen molar-refractivity contribution in [3.8, 4) is 0 Å². The summed E-state index contributed by atoms with van der Waals surface area (Å²) in [6, 6.07) is 0.0934. The molecule has 0 bridgehead atoms. The molecule has 0 aromatic carbocycles. The third-order valence-electron chi connectivity index (χ3n) is 2.52. The summed E-state index contributed by atoms with van der Waals surface area (Å²) in [5.41, 5.74) is -0.549. The lowest BCUT2D eigenvalue weighted by molar-refractivity contribution is 0.141. The van der Waals surface area contributed by atoms with Gasteiger partial charge in [0.05, 0.1) is 17.9 Å². The highest BCUT2D eigenvalue weighted by atomic mass is 32.2. The van der Waals surface area contributed by atoms with Gasteiger partial charge in [0, 0.05) is 13.2 Å². The molecule has 16 heavy (non-hydrogen) atoms. The van der Waals surface area contributed by atoms with Crippen LogP contribution < -0.4 is 10.0 Å². The smallest absolute Gasteiger partial charge is 0.213 e. The van der Waals surface area contributed by atoms with Crippen molar-refractivity contribution in [1.29, 1.82) is 0 Å². The normalized spacial score (nSPS) is 22.6. The van der Waals surface area contributed by atoms with Gasteiger partial charge >= 0.3 is 0 Å². The van der Waals surface area contributed by atoms with Crippen LogP contribution in [0.15, 0.2) is 0 Å². The SMILES string of the molecule is COCC(C)(C)NS(=O)(=O)CC1CCCN1. The van der Waals surface area contributed by atoms with Crippen LogP contribution in [0.3, 0.4) is 0 Å². The molecule has 1 rings (SSSR count). The van der Waals surface area contributed by atoms with E-state index in [1.54, 1.807) is 7.11 Å². The summed E-state index contributed by atoms with van der Waals surface area (Å²) in [5.74, 6) is 0.153. The summed E-state index contributed by atoms with van der Waals surface area (Å²) in [5, 5.41) is 3.18. The molecule has 1 aliphatic heterocycles.